The summed E-state index contributed by atoms with van der Waals surface area (Å²) in [5.74, 6) is -0.964. The fraction of sp³-hybridized carbons (Fsp3) is 0.188. The lowest BCUT2D eigenvalue weighted by atomic mass is 10.0. The topological polar surface area (TPSA) is 29.5 Å². The number of hydroxylamine groups is 2. The number of hydrogen-bond donors (Lipinski definition) is 0. The minimum absolute atomic E-state index is 0.0373. The maximum atomic E-state index is 13.7. The molecule has 1 aliphatic heterocycles. The predicted octanol–water partition coefficient (Wildman–Crippen LogP) is 3.34. The van der Waals surface area contributed by atoms with Gasteiger partial charge in [-0.1, -0.05) is 42.5 Å². The summed E-state index contributed by atoms with van der Waals surface area (Å²) in [4.78, 5) is 17.8. The fourth-order valence-corrected chi connectivity index (χ4v) is 2.40. The van der Waals surface area contributed by atoms with E-state index in [1.165, 1.54) is 17.2 Å². The zero-order valence-corrected chi connectivity index (χ0v) is 10.8. The molecule has 1 fully saturated rings. The van der Waals surface area contributed by atoms with Crippen LogP contribution in [0.1, 0.15) is 28.4 Å². The Morgan fingerprint density at radius 1 is 1.10 bits per heavy atom. The number of halogens is 1. The Labute approximate surface area is 116 Å². The van der Waals surface area contributed by atoms with Crippen LogP contribution in [0.3, 0.4) is 0 Å². The van der Waals surface area contributed by atoms with Crippen LogP contribution < -0.4 is 0 Å². The van der Waals surface area contributed by atoms with E-state index in [0.29, 0.717) is 13.0 Å². The number of benzene rings is 2. The summed E-state index contributed by atoms with van der Waals surface area (Å²) in [7, 11) is 0. The highest BCUT2D eigenvalue weighted by atomic mass is 19.1. The van der Waals surface area contributed by atoms with Gasteiger partial charge in [0.15, 0.2) is 0 Å². The fourth-order valence-electron chi connectivity index (χ4n) is 2.40. The average Bonchev–Trinajstić information content (AvgIpc) is 2.97. The van der Waals surface area contributed by atoms with Gasteiger partial charge < -0.3 is 0 Å². The first-order valence-corrected chi connectivity index (χ1v) is 6.53. The van der Waals surface area contributed by atoms with Gasteiger partial charge in [0.05, 0.1) is 18.2 Å². The molecule has 0 aliphatic carbocycles. The Morgan fingerprint density at radius 2 is 1.80 bits per heavy atom. The first-order valence-electron chi connectivity index (χ1n) is 6.53. The minimum Gasteiger partial charge on any atom is -0.270 e. The van der Waals surface area contributed by atoms with Crippen LogP contribution in [0.25, 0.3) is 0 Å². The van der Waals surface area contributed by atoms with E-state index < -0.39 is 11.7 Å². The second-order valence-electron chi connectivity index (χ2n) is 4.66. The van der Waals surface area contributed by atoms with Crippen LogP contribution in [-0.4, -0.2) is 17.6 Å². The van der Waals surface area contributed by atoms with E-state index >= 15 is 0 Å². The van der Waals surface area contributed by atoms with Gasteiger partial charge in [-0.15, -0.1) is 0 Å². The highest BCUT2D eigenvalue weighted by Gasteiger charge is 2.33. The summed E-state index contributed by atoms with van der Waals surface area (Å²) in [5, 5.41) is 1.29. The van der Waals surface area contributed by atoms with Crippen LogP contribution in [0.2, 0.25) is 0 Å². The Hall–Kier alpha value is -2.20. The van der Waals surface area contributed by atoms with E-state index in [9.17, 15) is 9.18 Å². The van der Waals surface area contributed by atoms with Crippen LogP contribution in [0.4, 0.5) is 4.39 Å². The molecule has 0 unspecified atom stereocenters. The van der Waals surface area contributed by atoms with Crippen LogP contribution in [0.15, 0.2) is 54.6 Å². The molecule has 1 atom stereocenters. The van der Waals surface area contributed by atoms with Crippen molar-refractivity contribution in [2.45, 2.75) is 12.5 Å². The molecular formula is C16H14FNO2. The summed E-state index contributed by atoms with van der Waals surface area (Å²) in [6, 6.07) is 15.4. The molecule has 2 aromatic carbocycles. The van der Waals surface area contributed by atoms with Crippen molar-refractivity contribution in [1.29, 1.82) is 0 Å². The third-order valence-corrected chi connectivity index (χ3v) is 3.39. The number of carbonyl (C=O) groups excluding carboxylic acids is 1. The first kappa shape index (κ1) is 12.8. The predicted molar refractivity (Wildman–Crippen MR) is 72.3 cm³/mol. The van der Waals surface area contributed by atoms with Gasteiger partial charge in [0, 0.05) is 6.42 Å². The lowest BCUT2D eigenvalue weighted by Gasteiger charge is -2.23. The summed E-state index contributed by atoms with van der Waals surface area (Å²) >= 11 is 0. The monoisotopic (exact) mass is 271 g/mol. The van der Waals surface area contributed by atoms with Gasteiger partial charge >= 0.3 is 0 Å². The maximum Gasteiger partial charge on any atom is 0.280 e. The van der Waals surface area contributed by atoms with E-state index in [0.717, 1.165) is 5.56 Å². The molecule has 0 N–H and O–H groups in total. The Morgan fingerprint density at radius 3 is 2.55 bits per heavy atom. The lowest BCUT2D eigenvalue weighted by molar-refractivity contribution is -0.0967. The molecule has 3 nitrogen and oxygen atoms in total. The van der Waals surface area contributed by atoms with Crippen molar-refractivity contribution in [2.75, 3.05) is 6.61 Å². The molecule has 1 heterocycles. The van der Waals surface area contributed by atoms with Gasteiger partial charge in [-0.05, 0) is 17.7 Å². The largest absolute Gasteiger partial charge is 0.280 e. The smallest absolute Gasteiger partial charge is 0.270 e. The highest BCUT2D eigenvalue weighted by molar-refractivity contribution is 5.94. The van der Waals surface area contributed by atoms with Gasteiger partial charge in [-0.25, -0.2) is 9.45 Å². The van der Waals surface area contributed by atoms with Crippen molar-refractivity contribution in [1.82, 2.24) is 5.06 Å². The number of rotatable bonds is 2. The maximum absolute atomic E-state index is 13.7. The van der Waals surface area contributed by atoms with Gasteiger partial charge in [0.1, 0.15) is 5.82 Å². The van der Waals surface area contributed by atoms with E-state index in [-0.39, 0.29) is 11.6 Å². The van der Waals surface area contributed by atoms with Crippen molar-refractivity contribution in [3.05, 3.63) is 71.5 Å². The van der Waals surface area contributed by atoms with E-state index in [1.807, 2.05) is 30.3 Å². The zero-order chi connectivity index (χ0) is 13.9. The summed E-state index contributed by atoms with van der Waals surface area (Å²) < 4.78 is 13.7. The van der Waals surface area contributed by atoms with Gasteiger partial charge in [-0.3, -0.25) is 9.63 Å². The van der Waals surface area contributed by atoms with Gasteiger partial charge in [-0.2, -0.15) is 0 Å². The molecule has 2 aromatic rings. The molecule has 1 saturated heterocycles. The van der Waals surface area contributed by atoms with Gasteiger partial charge in [0.2, 0.25) is 0 Å². The Kier molecular flexibility index (Phi) is 3.48. The standard InChI is InChI=1S/C16H14FNO2/c17-14-9-5-4-8-13(14)16(19)18-15(10-11-20-18)12-6-2-1-3-7-12/h1-9,15H,10-11H2/t15-/m1/s1. The van der Waals surface area contributed by atoms with Crippen LogP contribution in [-0.2, 0) is 4.84 Å². The van der Waals surface area contributed by atoms with Gasteiger partial charge in [0.25, 0.3) is 5.91 Å². The second-order valence-corrected chi connectivity index (χ2v) is 4.66. The SMILES string of the molecule is O=C(c1ccccc1F)N1OCC[C@@H]1c1ccccc1. The minimum atomic E-state index is -0.528. The normalized spacial score (nSPS) is 18.2. The van der Waals surface area contributed by atoms with E-state index in [2.05, 4.69) is 0 Å². The third kappa shape index (κ3) is 2.30. The lowest BCUT2D eigenvalue weighted by Crippen LogP contribution is -2.30. The van der Waals surface area contributed by atoms with Crippen LogP contribution in [0.5, 0.6) is 0 Å². The molecule has 4 heteroatoms. The first-order chi connectivity index (χ1) is 9.77. The number of hydrogen-bond acceptors (Lipinski definition) is 2. The van der Waals surface area contributed by atoms with Crippen molar-refractivity contribution in [3.63, 3.8) is 0 Å². The van der Waals surface area contributed by atoms with Crippen LogP contribution >= 0.6 is 0 Å². The molecule has 1 amide bonds. The van der Waals surface area contributed by atoms with Crippen LogP contribution in [0, 0.1) is 5.82 Å². The summed E-state index contributed by atoms with van der Waals surface area (Å²) in [6.07, 6.45) is 0.713. The molecule has 3 rings (SSSR count). The molecule has 1 aliphatic rings. The van der Waals surface area contributed by atoms with E-state index in [1.54, 1.807) is 12.1 Å². The molecule has 0 aromatic heterocycles. The molecule has 20 heavy (non-hydrogen) atoms. The number of carbonyl (C=O) groups is 1. The number of nitrogens with zero attached hydrogens (tertiary/aromatic N) is 1. The quantitative estimate of drug-likeness (QED) is 0.838. The van der Waals surface area contributed by atoms with Crippen molar-refractivity contribution in [3.8, 4) is 0 Å². The molecule has 102 valence electrons. The molecule has 0 bridgehead atoms. The molecule has 0 saturated carbocycles. The number of amides is 1. The van der Waals surface area contributed by atoms with Crippen molar-refractivity contribution in [2.24, 2.45) is 0 Å². The summed E-state index contributed by atoms with van der Waals surface area (Å²) in [5.41, 5.74) is 1.03. The Bertz CT molecular complexity index is 615. The summed E-state index contributed by atoms with van der Waals surface area (Å²) in [6.45, 7) is 0.458. The highest BCUT2D eigenvalue weighted by Crippen LogP contribution is 2.31. The van der Waals surface area contributed by atoms with Crippen molar-refractivity contribution >= 4 is 5.91 Å². The molecule has 0 spiro atoms. The van der Waals surface area contributed by atoms with E-state index in [4.69, 9.17) is 4.84 Å². The molecule has 0 radical (unpaired) electrons. The average molecular weight is 271 g/mol. The molecular weight excluding hydrogens is 257 g/mol. The Balaban J connectivity index is 1.90. The third-order valence-electron chi connectivity index (χ3n) is 3.39. The second kappa shape index (κ2) is 5.43. The zero-order valence-electron chi connectivity index (χ0n) is 10.8. The van der Waals surface area contributed by atoms with Crippen molar-refractivity contribution < 1.29 is 14.0 Å².